The zero-order valence-corrected chi connectivity index (χ0v) is 28.5. The normalized spacial score (nSPS) is 12.4. The number of aryl methyl sites for hydroxylation is 2. The summed E-state index contributed by atoms with van der Waals surface area (Å²) in [5.41, 5.74) is 8.44. The van der Waals surface area contributed by atoms with Gasteiger partial charge in [-0.25, -0.2) is 0 Å². The van der Waals surface area contributed by atoms with Crippen LogP contribution in [0.1, 0.15) is 22.3 Å². The number of anilines is 3. The van der Waals surface area contributed by atoms with Gasteiger partial charge < -0.3 is 4.90 Å². The van der Waals surface area contributed by atoms with Gasteiger partial charge in [0.1, 0.15) is 0 Å². The summed E-state index contributed by atoms with van der Waals surface area (Å²) in [6, 6.07) is 56.6. The molecule has 1 nitrogen and oxygen atoms in total. The second-order valence-corrected chi connectivity index (χ2v) is 14.2. The number of nitrogens with zero attached hydrogens (tertiary/aromatic N) is 1. The lowest BCUT2D eigenvalue weighted by atomic mass is 9.80. The van der Waals surface area contributed by atoms with Crippen molar-refractivity contribution in [1.82, 2.24) is 0 Å². The summed E-state index contributed by atoms with van der Waals surface area (Å²) in [6.07, 6.45) is 4.40. The van der Waals surface area contributed by atoms with Crippen LogP contribution < -0.4 is 4.90 Å². The molecule has 0 fully saturated rings. The molecule has 0 spiro atoms. The highest BCUT2D eigenvalue weighted by atomic mass is 15.1. The Morgan fingerprint density at radius 2 is 0.863 bits per heavy atom. The Labute approximate surface area is 296 Å². The second-order valence-electron chi connectivity index (χ2n) is 14.2. The van der Waals surface area contributed by atoms with Crippen molar-refractivity contribution in [1.29, 1.82) is 0 Å². The molecule has 11 aromatic carbocycles. The molecule has 1 heteroatoms. The van der Waals surface area contributed by atoms with Crippen molar-refractivity contribution >= 4 is 105 Å². The molecule has 0 atom stereocenters. The van der Waals surface area contributed by atoms with Crippen molar-refractivity contribution in [3.8, 4) is 0 Å². The maximum Gasteiger partial charge on any atom is 0.0619 e. The van der Waals surface area contributed by atoms with E-state index in [0.29, 0.717) is 0 Å². The average Bonchev–Trinajstić information content (AvgIpc) is 3.17. The van der Waals surface area contributed by atoms with Crippen LogP contribution in [-0.2, 0) is 0 Å². The van der Waals surface area contributed by atoms with Gasteiger partial charge in [-0.2, -0.15) is 0 Å². The van der Waals surface area contributed by atoms with E-state index in [2.05, 4.69) is 183 Å². The predicted octanol–water partition coefficient (Wildman–Crippen LogP) is 14.3. The highest BCUT2D eigenvalue weighted by molar-refractivity contribution is 6.50. The quantitative estimate of drug-likeness (QED) is 0.102. The van der Waals surface area contributed by atoms with Gasteiger partial charge in [0, 0.05) is 38.3 Å². The summed E-state index contributed by atoms with van der Waals surface area (Å²) in [6.45, 7) is 4.36. The lowest BCUT2D eigenvalue weighted by molar-refractivity contribution is 1.27. The third-order valence-electron chi connectivity index (χ3n) is 11.3. The van der Waals surface area contributed by atoms with Crippen LogP contribution in [0.15, 0.2) is 152 Å². The molecule has 0 aliphatic heterocycles. The van der Waals surface area contributed by atoms with Gasteiger partial charge in [0.2, 0.25) is 0 Å². The smallest absolute Gasteiger partial charge is 0.0619 e. The standard InChI is InChI=1S/C50H33N/c1-30-19-21-32(22-20-30)23-24-33-25-27-36(28-26-33)51(43-18-4-3-9-31(43)2)50-41-16-7-14-39-37-12-5-10-34-29-35-11-6-13-38-40-15-8-17-42(50)47(40)49(46(39)41)48(44(34)37)45(35)38/h3-29H,1-2H3/b24-23+. The van der Waals surface area contributed by atoms with E-state index < -0.39 is 0 Å². The van der Waals surface area contributed by atoms with Crippen LogP contribution >= 0.6 is 0 Å². The molecule has 0 bridgehead atoms. The average molecular weight is 648 g/mol. The van der Waals surface area contributed by atoms with Crippen LogP contribution in [-0.4, -0.2) is 0 Å². The Morgan fingerprint density at radius 3 is 1.43 bits per heavy atom. The third kappa shape index (κ3) is 3.98. The van der Waals surface area contributed by atoms with Gasteiger partial charge in [0.05, 0.1) is 5.69 Å². The van der Waals surface area contributed by atoms with Gasteiger partial charge in [0.15, 0.2) is 0 Å². The van der Waals surface area contributed by atoms with Crippen LogP contribution in [0.25, 0.3) is 87.6 Å². The lowest BCUT2D eigenvalue weighted by Crippen LogP contribution is -2.13. The fraction of sp³-hybridized carbons (Fsp3) is 0.0400. The van der Waals surface area contributed by atoms with E-state index in [1.165, 1.54) is 109 Å². The predicted molar refractivity (Wildman–Crippen MR) is 222 cm³/mol. The molecule has 0 amide bonds. The van der Waals surface area contributed by atoms with E-state index in [1.807, 2.05) is 0 Å². The molecule has 0 saturated heterocycles. The zero-order valence-electron chi connectivity index (χ0n) is 28.5. The van der Waals surface area contributed by atoms with Crippen molar-refractivity contribution in [2.45, 2.75) is 13.8 Å². The number of rotatable bonds is 5. The SMILES string of the molecule is Cc1ccc(/C=C/c2ccc(N(c3ccccc3C)c3c4cccc5c6cccc7cc8cccc9c%10cccc3c%10c(c45)c(c76)c89)cc2)cc1. The Hall–Kier alpha value is -6.44. The molecule has 0 aliphatic rings. The highest BCUT2D eigenvalue weighted by Gasteiger charge is 2.27. The van der Waals surface area contributed by atoms with Crippen LogP contribution in [0.4, 0.5) is 17.1 Å². The van der Waals surface area contributed by atoms with Crippen LogP contribution in [0.5, 0.6) is 0 Å². The first-order valence-corrected chi connectivity index (χ1v) is 17.9. The van der Waals surface area contributed by atoms with Crippen LogP contribution in [0.3, 0.4) is 0 Å². The molecule has 0 radical (unpaired) electrons. The van der Waals surface area contributed by atoms with Crippen molar-refractivity contribution in [3.05, 3.63) is 174 Å². The summed E-state index contributed by atoms with van der Waals surface area (Å²) in [5.74, 6) is 0. The lowest BCUT2D eigenvalue weighted by Gasteiger charge is -2.32. The number of para-hydroxylation sites is 1. The maximum absolute atomic E-state index is 2.52. The minimum atomic E-state index is 1.14. The molecule has 0 N–H and O–H groups in total. The summed E-state index contributed by atoms with van der Waals surface area (Å²) >= 11 is 0. The molecular formula is C50H33N. The van der Waals surface area contributed by atoms with Gasteiger partial charge in [-0.1, -0.05) is 145 Å². The molecular weight excluding hydrogens is 615 g/mol. The monoisotopic (exact) mass is 647 g/mol. The number of hydrogen-bond donors (Lipinski definition) is 0. The summed E-state index contributed by atoms with van der Waals surface area (Å²) in [5, 5.41) is 18.7. The zero-order chi connectivity index (χ0) is 33.8. The minimum Gasteiger partial charge on any atom is -0.309 e. The molecule has 0 unspecified atom stereocenters. The first-order valence-electron chi connectivity index (χ1n) is 17.9. The van der Waals surface area contributed by atoms with E-state index in [-0.39, 0.29) is 0 Å². The van der Waals surface area contributed by atoms with E-state index >= 15 is 0 Å². The first kappa shape index (κ1) is 28.4. The van der Waals surface area contributed by atoms with Gasteiger partial charge >= 0.3 is 0 Å². The van der Waals surface area contributed by atoms with Crippen molar-refractivity contribution < 1.29 is 0 Å². The third-order valence-corrected chi connectivity index (χ3v) is 11.3. The Bertz CT molecular complexity index is 3000. The Morgan fingerprint density at radius 1 is 0.392 bits per heavy atom. The fourth-order valence-electron chi connectivity index (χ4n) is 8.99. The molecule has 11 rings (SSSR count). The second kappa shape index (κ2) is 10.5. The summed E-state index contributed by atoms with van der Waals surface area (Å²) in [7, 11) is 0. The molecule has 0 aliphatic carbocycles. The Kier molecular flexibility index (Phi) is 5.86. The van der Waals surface area contributed by atoms with E-state index in [1.54, 1.807) is 0 Å². The van der Waals surface area contributed by atoms with Crippen molar-refractivity contribution in [3.63, 3.8) is 0 Å². The van der Waals surface area contributed by atoms with E-state index in [0.717, 1.165) is 5.69 Å². The van der Waals surface area contributed by atoms with E-state index in [4.69, 9.17) is 0 Å². The van der Waals surface area contributed by atoms with Crippen molar-refractivity contribution in [2.24, 2.45) is 0 Å². The van der Waals surface area contributed by atoms with Gasteiger partial charge in [0.25, 0.3) is 0 Å². The van der Waals surface area contributed by atoms with E-state index in [9.17, 15) is 0 Å². The Balaban J connectivity index is 1.26. The largest absolute Gasteiger partial charge is 0.309 e. The van der Waals surface area contributed by atoms with Gasteiger partial charge in [-0.3, -0.25) is 0 Å². The molecule has 11 aromatic rings. The van der Waals surface area contributed by atoms with Crippen LogP contribution in [0, 0.1) is 13.8 Å². The molecule has 0 heterocycles. The highest BCUT2D eigenvalue weighted by Crippen LogP contribution is 2.55. The first-order chi connectivity index (χ1) is 25.1. The molecule has 0 aromatic heterocycles. The van der Waals surface area contributed by atoms with Gasteiger partial charge in [-0.15, -0.1) is 0 Å². The van der Waals surface area contributed by atoms with Crippen molar-refractivity contribution in [2.75, 3.05) is 4.90 Å². The number of hydrogen-bond acceptors (Lipinski definition) is 1. The molecule has 238 valence electrons. The maximum atomic E-state index is 2.52. The summed E-state index contributed by atoms with van der Waals surface area (Å²) < 4.78 is 0. The number of fused-ring (bicyclic) bond motifs is 2. The fourth-order valence-corrected chi connectivity index (χ4v) is 8.99. The topological polar surface area (TPSA) is 3.24 Å². The van der Waals surface area contributed by atoms with Gasteiger partial charge in [-0.05, 0) is 103 Å². The molecule has 51 heavy (non-hydrogen) atoms. The summed E-state index contributed by atoms with van der Waals surface area (Å²) in [4.78, 5) is 2.52. The van der Waals surface area contributed by atoms with Crippen LogP contribution in [0.2, 0.25) is 0 Å². The minimum absolute atomic E-state index is 1.14. The number of benzene rings is 11. The molecule has 0 saturated carbocycles.